The van der Waals surface area contributed by atoms with Crippen LogP contribution in [-0.4, -0.2) is 59.0 Å². The quantitative estimate of drug-likeness (QED) is 0.353. The van der Waals surface area contributed by atoms with E-state index in [9.17, 15) is 0 Å². The second kappa shape index (κ2) is 12.4. The fraction of sp³-hybridized carbons (Fsp3) is 0.550. The molecule has 1 aromatic heterocycles. The van der Waals surface area contributed by atoms with Crippen molar-refractivity contribution in [3.8, 4) is 0 Å². The average molecular weight is 407 g/mol. The zero-order valence-corrected chi connectivity index (χ0v) is 17.8. The molecule has 8 heteroatoms. The van der Waals surface area contributed by atoms with Crippen LogP contribution in [0.1, 0.15) is 31.7 Å². The molecule has 0 unspecified atom stereocenters. The van der Waals surface area contributed by atoms with Crippen LogP contribution in [0.5, 0.6) is 0 Å². The third kappa shape index (κ3) is 7.13. The van der Waals surface area contributed by atoms with Crippen molar-refractivity contribution in [1.82, 2.24) is 25.0 Å². The van der Waals surface area contributed by atoms with Crippen LogP contribution in [0.3, 0.4) is 0 Å². The van der Waals surface area contributed by atoms with Crippen molar-refractivity contribution < 1.29 is 4.74 Å². The van der Waals surface area contributed by atoms with Crippen LogP contribution in [0.25, 0.3) is 0 Å². The number of rotatable bonds is 11. The van der Waals surface area contributed by atoms with Gasteiger partial charge in [0.25, 0.3) is 0 Å². The van der Waals surface area contributed by atoms with Crippen LogP contribution < -0.4 is 5.32 Å². The third-order valence-electron chi connectivity index (χ3n) is 4.29. The Morgan fingerprint density at radius 3 is 2.89 bits per heavy atom. The van der Waals surface area contributed by atoms with Crippen molar-refractivity contribution in [3.63, 3.8) is 0 Å². The lowest BCUT2D eigenvalue weighted by molar-refractivity contribution is 0.146. The van der Waals surface area contributed by atoms with Crippen LogP contribution in [0.15, 0.2) is 35.6 Å². The van der Waals surface area contributed by atoms with Crippen molar-refractivity contribution in [2.24, 2.45) is 4.99 Å². The Balaban J connectivity index is 1.97. The zero-order valence-electron chi connectivity index (χ0n) is 17.1. The van der Waals surface area contributed by atoms with Crippen LogP contribution in [0.4, 0.5) is 0 Å². The van der Waals surface area contributed by atoms with Crippen LogP contribution in [0, 0.1) is 0 Å². The SMILES string of the molecule is CCOCCCN=C(NCCn1cnnc1CC)N(C)Cc1ccccc1Cl. The van der Waals surface area contributed by atoms with Gasteiger partial charge in [-0.1, -0.05) is 36.7 Å². The summed E-state index contributed by atoms with van der Waals surface area (Å²) in [5, 5.41) is 12.3. The first-order valence-electron chi connectivity index (χ1n) is 9.83. The van der Waals surface area contributed by atoms with Crippen molar-refractivity contribution in [3.05, 3.63) is 47.0 Å². The summed E-state index contributed by atoms with van der Waals surface area (Å²) in [5.74, 6) is 1.84. The maximum atomic E-state index is 6.32. The van der Waals surface area contributed by atoms with Gasteiger partial charge in [0.15, 0.2) is 5.96 Å². The molecular weight excluding hydrogens is 376 g/mol. The molecule has 1 N–H and O–H groups in total. The van der Waals surface area contributed by atoms with Gasteiger partial charge in [0.2, 0.25) is 0 Å². The molecule has 2 aromatic rings. The molecular formula is C20H31ClN6O. The molecule has 0 bridgehead atoms. The monoisotopic (exact) mass is 406 g/mol. The number of nitrogens with one attached hydrogen (secondary N) is 1. The smallest absolute Gasteiger partial charge is 0.194 e. The fourth-order valence-corrected chi connectivity index (χ4v) is 2.99. The molecule has 1 aromatic carbocycles. The minimum absolute atomic E-state index is 0.684. The molecule has 0 aliphatic heterocycles. The Morgan fingerprint density at radius 1 is 1.32 bits per heavy atom. The van der Waals surface area contributed by atoms with E-state index in [0.29, 0.717) is 13.1 Å². The maximum Gasteiger partial charge on any atom is 0.194 e. The highest BCUT2D eigenvalue weighted by atomic mass is 35.5. The topological polar surface area (TPSA) is 67.6 Å². The van der Waals surface area contributed by atoms with Crippen LogP contribution in [0.2, 0.25) is 5.02 Å². The minimum atomic E-state index is 0.684. The first-order valence-corrected chi connectivity index (χ1v) is 10.2. The van der Waals surface area contributed by atoms with Gasteiger partial charge in [-0.2, -0.15) is 0 Å². The number of nitrogens with zero attached hydrogens (tertiary/aromatic N) is 5. The first-order chi connectivity index (χ1) is 13.7. The molecule has 0 atom stereocenters. The molecule has 0 saturated heterocycles. The lowest BCUT2D eigenvalue weighted by atomic mass is 10.2. The van der Waals surface area contributed by atoms with Gasteiger partial charge in [-0.25, -0.2) is 0 Å². The summed E-state index contributed by atoms with van der Waals surface area (Å²) in [6, 6.07) is 7.89. The number of ether oxygens (including phenoxy) is 1. The summed E-state index contributed by atoms with van der Waals surface area (Å²) in [6.07, 6.45) is 3.53. The molecule has 0 aliphatic carbocycles. The number of guanidine groups is 1. The molecule has 2 rings (SSSR count). The molecule has 0 radical (unpaired) electrons. The molecule has 28 heavy (non-hydrogen) atoms. The van der Waals surface area contributed by atoms with Gasteiger partial charge in [0, 0.05) is 57.9 Å². The molecule has 7 nitrogen and oxygen atoms in total. The van der Waals surface area contributed by atoms with Gasteiger partial charge < -0.3 is 19.5 Å². The summed E-state index contributed by atoms with van der Waals surface area (Å²) < 4.78 is 7.47. The molecule has 1 heterocycles. The number of hydrogen-bond acceptors (Lipinski definition) is 4. The molecule has 154 valence electrons. The Bertz CT molecular complexity index is 733. The lowest BCUT2D eigenvalue weighted by Gasteiger charge is -2.23. The summed E-state index contributed by atoms with van der Waals surface area (Å²) in [6.45, 7) is 8.46. The van der Waals surface area contributed by atoms with Crippen molar-refractivity contribution >= 4 is 17.6 Å². The third-order valence-corrected chi connectivity index (χ3v) is 4.66. The van der Waals surface area contributed by atoms with E-state index < -0.39 is 0 Å². The maximum absolute atomic E-state index is 6.32. The number of benzene rings is 1. The van der Waals surface area contributed by atoms with E-state index in [0.717, 1.165) is 61.5 Å². The fourth-order valence-electron chi connectivity index (χ4n) is 2.79. The van der Waals surface area contributed by atoms with Crippen LogP contribution in [-0.2, 0) is 24.2 Å². The summed E-state index contributed by atoms with van der Waals surface area (Å²) in [5.41, 5.74) is 1.07. The Labute approximate surface area is 172 Å². The molecule has 0 aliphatic rings. The van der Waals surface area contributed by atoms with E-state index >= 15 is 0 Å². The predicted molar refractivity (Wildman–Crippen MR) is 114 cm³/mol. The largest absolute Gasteiger partial charge is 0.382 e. The van der Waals surface area contributed by atoms with E-state index in [1.165, 1.54) is 0 Å². The second-order valence-corrected chi connectivity index (χ2v) is 6.83. The number of aryl methyl sites for hydroxylation is 1. The van der Waals surface area contributed by atoms with Crippen LogP contribution >= 0.6 is 11.6 Å². The van der Waals surface area contributed by atoms with E-state index in [2.05, 4.69) is 31.9 Å². The Hall–Kier alpha value is -2.12. The molecule has 0 amide bonds. The van der Waals surface area contributed by atoms with Gasteiger partial charge in [-0.05, 0) is 25.0 Å². The Morgan fingerprint density at radius 2 is 2.14 bits per heavy atom. The van der Waals surface area contributed by atoms with E-state index in [1.807, 2.05) is 38.2 Å². The highest BCUT2D eigenvalue weighted by molar-refractivity contribution is 6.31. The highest BCUT2D eigenvalue weighted by Gasteiger charge is 2.10. The van der Waals surface area contributed by atoms with Crippen molar-refractivity contribution in [1.29, 1.82) is 0 Å². The van der Waals surface area contributed by atoms with Gasteiger partial charge in [0.1, 0.15) is 12.2 Å². The van der Waals surface area contributed by atoms with Gasteiger partial charge in [-0.3, -0.25) is 4.99 Å². The number of halogens is 1. The predicted octanol–water partition coefficient (Wildman–Crippen LogP) is 3.00. The molecule has 0 fully saturated rings. The van der Waals surface area contributed by atoms with Gasteiger partial charge >= 0.3 is 0 Å². The number of aliphatic imine (C=N–C) groups is 1. The lowest BCUT2D eigenvalue weighted by Crippen LogP contribution is -2.40. The average Bonchev–Trinajstić information content (AvgIpc) is 3.15. The standard InChI is InChI=1S/C20H31ClN6O/c1-4-19-25-24-16-27(19)13-12-23-20(22-11-8-14-28-5-2)26(3)15-17-9-6-7-10-18(17)21/h6-7,9-10,16H,4-5,8,11-15H2,1-3H3,(H,22,23). The van der Waals surface area contributed by atoms with E-state index in [-0.39, 0.29) is 0 Å². The van der Waals surface area contributed by atoms with Crippen molar-refractivity contribution in [2.75, 3.05) is 33.4 Å². The minimum Gasteiger partial charge on any atom is -0.382 e. The normalized spacial score (nSPS) is 11.6. The summed E-state index contributed by atoms with van der Waals surface area (Å²) in [7, 11) is 2.02. The molecule has 0 saturated carbocycles. The van der Waals surface area contributed by atoms with Gasteiger partial charge in [0.05, 0.1) is 0 Å². The molecule has 0 spiro atoms. The number of hydrogen-bond donors (Lipinski definition) is 1. The summed E-state index contributed by atoms with van der Waals surface area (Å²) >= 11 is 6.32. The van der Waals surface area contributed by atoms with Crippen molar-refractivity contribution in [2.45, 2.75) is 39.8 Å². The highest BCUT2D eigenvalue weighted by Crippen LogP contribution is 2.16. The van der Waals surface area contributed by atoms with E-state index in [1.54, 1.807) is 6.33 Å². The van der Waals surface area contributed by atoms with E-state index in [4.69, 9.17) is 21.3 Å². The Kier molecular flexibility index (Phi) is 9.79. The number of aromatic nitrogens is 3. The van der Waals surface area contributed by atoms with Gasteiger partial charge in [-0.15, -0.1) is 10.2 Å². The second-order valence-electron chi connectivity index (χ2n) is 6.42. The summed E-state index contributed by atoms with van der Waals surface area (Å²) in [4.78, 5) is 6.84. The first kappa shape index (κ1) is 22.2. The zero-order chi connectivity index (χ0) is 20.2.